The minimum atomic E-state index is -0.682. The van der Waals surface area contributed by atoms with E-state index in [0.717, 1.165) is 11.1 Å². The maximum absolute atomic E-state index is 12.4. The Morgan fingerprint density at radius 3 is 2.62 bits per heavy atom. The van der Waals surface area contributed by atoms with Crippen molar-refractivity contribution in [2.24, 2.45) is 5.92 Å². The van der Waals surface area contributed by atoms with E-state index in [1.54, 1.807) is 19.9 Å². The van der Waals surface area contributed by atoms with Gasteiger partial charge in [0.1, 0.15) is 18.3 Å². The Morgan fingerprint density at radius 2 is 2.00 bits per heavy atom. The van der Waals surface area contributed by atoms with Gasteiger partial charge in [0.2, 0.25) is 0 Å². The first kappa shape index (κ1) is 22.6. The predicted molar refractivity (Wildman–Crippen MR) is 106 cm³/mol. The first-order valence-electron chi connectivity index (χ1n) is 9.53. The van der Waals surface area contributed by atoms with Gasteiger partial charge >= 0.3 is 17.9 Å². The predicted octanol–water partition coefficient (Wildman–Crippen LogP) is 2.55. The van der Waals surface area contributed by atoms with Crippen molar-refractivity contribution in [3.05, 3.63) is 47.1 Å². The molecule has 7 nitrogen and oxygen atoms in total. The summed E-state index contributed by atoms with van der Waals surface area (Å²) in [4.78, 5) is 36.1. The van der Waals surface area contributed by atoms with Gasteiger partial charge in [-0.05, 0) is 38.5 Å². The van der Waals surface area contributed by atoms with Crippen LogP contribution in [0, 0.1) is 5.92 Å². The molecule has 1 aliphatic carbocycles. The van der Waals surface area contributed by atoms with Gasteiger partial charge in [0.15, 0.2) is 0 Å². The highest BCUT2D eigenvalue weighted by atomic mass is 16.6. The Kier molecular flexibility index (Phi) is 7.56. The van der Waals surface area contributed by atoms with Crippen LogP contribution >= 0.6 is 0 Å². The molecule has 0 unspecified atom stereocenters. The smallest absolute Gasteiger partial charge is 0.334 e. The molecule has 2 aliphatic rings. The molecule has 1 N–H and O–H groups in total. The second kappa shape index (κ2) is 9.69. The summed E-state index contributed by atoms with van der Waals surface area (Å²) in [5, 5.41) is 9.01. The van der Waals surface area contributed by atoms with Gasteiger partial charge in [-0.2, -0.15) is 0 Å². The SMILES string of the molecule is C=C1C(=O)O[C@H]2/C=C(/C)[C@@H](OC(C)=O)C/C=C(\C)C[C@@H](OC(=O)/C(C)=C\CO)[C@@H]12. The molecule has 1 saturated heterocycles. The van der Waals surface area contributed by atoms with Gasteiger partial charge in [-0.1, -0.05) is 18.2 Å². The van der Waals surface area contributed by atoms with Crippen LogP contribution in [0.25, 0.3) is 0 Å². The molecule has 0 aromatic carbocycles. The van der Waals surface area contributed by atoms with Crippen LogP contribution in [-0.4, -0.2) is 47.9 Å². The second-order valence-electron chi connectivity index (χ2n) is 7.43. The summed E-state index contributed by atoms with van der Waals surface area (Å²) < 4.78 is 16.6. The van der Waals surface area contributed by atoms with Gasteiger partial charge in [0, 0.05) is 30.9 Å². The van der Waals surface area contributed by atoms with Crippen molar-refractivity contribution in [1.29, 1.82) is 0 Å². The van der Waals surface area contributed by atoms with Crippen LogP contribution < -0.4 is 0 Å². The maximum Gasteiger partial charge on any atom is 0.334 e. The fraction of sp³-hybridized carbons (Fsp3) is 0.500. The third kappa shape index (κ3) is 5.67. The first-order chi connectivity index (χ1) is 13.6. The van der Waals surface area contributed by atoms with Crippen molar-refractivity contribution in [3.8, 4) is 0 Å². The van der Waals surface area contributed by atoms with Crippen LogP contribution in [0.1, 0.15) is 40.5 Å². The lowest BCUT2D eigenvalue weighted by Gasteiger charge is -2.28. The van der Waals surface area contributed by atoms with E-state index in [2.05, 4.69) is 6.58 Å². The van der Waals surface area contributed by atoms with Gasteiger partial charge in [-0.3, -0.25) is 4.79 Å². The number of carbonyl (C=O) groups is 3. The van der Waals surface area contributed by atoms with Crippen molar-refractivity contribution < 1.29 is 33.7 Å². The van der Waals surface area contributed by atoms with Crippen molar-refractivity contribution in [2.45, 2.75) is 58.8 Å². The van der Waals surface area contributed by atoms with E-state index in [4.69, 9.17) is 19.3 Å². The zero-order valence-electron chi connectivity index (χ0n) is 17.3. The highest BCUT2D eigenvalue weighted by Gasteiger charge is 2.44. The zero-order valence-corrected chi connectivity index (χ0v) is 17.3. The van der Waals surface area contributed by atoms with Crippen LogP contribution in [-0.2, 0) is 28.6 Å². The molecule has 1 fully saturated rings. The van der Waals surface area contributed by atoms with E-state index in [1.807, 2.05) is 13.0 Å². The third-order valence-electron chi connectivity index (χ3n) is 5.09. The van der Waals surface area contributed by atoms with E-state index in [9.17, 15) is 14.4 Å². The number of aliphatic hydroxyl groups is 1. The first-order valence-corrected chi connectivity index (χ1v) is 9.53. The maximum atomic E-state index is 12.4. The number of aliphatic hydroxyl groups excluding tert-OH is 1. The minimum Gasteiger partial charge on any atom is -0.458 e. The summed E-state index contributed by atoms with van der Waals surface area (Å²) in [5.41, 5.74) is 2.17. The fourth-order valence-corrected chi connectivity index (χ4v) is 3.48. The molecule has 158 valence electrons. The van der Waals surface area contributed by atoms with E-state index in [-0.39, 0.29) is 17.8 Å². The number of fused-ring (bicyclic) bond motifs is 1. The van der Waals surface area contributed by atoms with Gasteiger partial charge < -0.3 is 19.3 Å². The minimum absolute atomic E-state index is 0.234. The second-order valence-corrected chi connectivity index (χ2v) is 7.43. The quantitative estimate of drug-likeness (QED) is 0.333. The molecule has 1 aliphatic heterocycles. The Labute approximate surface area is 170 Å². The van der Waals surface area contributed by atoms with Crippen LogP contribution in [0.15, 0.2) is 47.1 Å². The number of hydrogen-bond acceptors (Lipinski definition) is 7. The van der Waals surface area contributed by atoms with E-state index in [1.165, 1.54) is 13.0 Å². The lowest BCUT2D eigenvalue weighted by molar-refractivity contribution is -0.148. The van der Waals surface area contributed by atoms with Crippen molar-refractivity contribution in [1.82, 2.24) is 0 Å². The molecule has 0 saturated carbocycles. The number of esters is 3. The Hall–Kier alpha value is -2.67. The highest BCUT2D eigenvalue weighted by molar-refractivity contribution is 5.92. The van der Waals surface area contributed by atoms with Crippen molar-refractivity contribution in [3.63, 3.8) is 0 Å². The molecule has 1 heterocycles. The standard InChI is InChI=1S/C22H28O7/c1-12-6-7-17(27-16(5)24)14(3)11-19-20(15(4)22(26)29-19)18(10-12)28-21(25)13(2)8-9-23/h6,8,11,17-20,23H,4,7,9-10H2,1-3,5H3/b12-6+,13-8-,14-11-/t17-,18+,19-,20+/m0/s1. The molecule has 4 atom stereocenters. The Bertz CT molecular complexity index is 787. The van der Waals surface area contributed by atoms with Gasteiger partial charge in [0.25, 0.3) is 0 Å². The normalized spacial score (nSPS) is 31.6. The van der Waals surface area contributed by atoms with Gasteiger partial charge in [0.05, 0.1) is 12.5 Å². The van der Waals surface area contributed by atoms with Crippen LogP contribution in [0.5, 0.6) is 0 Å². The molecule has 0 radical (unpaired) electrons. The van der Waals surface area contributed by atoms with Crippen molar-refractivity contribution >= 4 is 17.9 Å². The summed E-state index contributed by atoms with van der Waals surface area (Å²) in [6.07, 6.45) is 4.05. The van der Waals surface area contributed by atoms with Crippen molar-refractivity contribution in [2.75, 3.05) is 6.61 Å². The number of ether oxygens (including phenoxy) is 3. The summed E-state index contributed by atoms with van der Waals surface area (Å²) in [6.45, 7) is 10.2. The average Bonchev–Trinajstić information content (AvgIpc) is 2.90. The molecular formula is C22H28O7. The molecule has 2 rings (SSSR count). The zero-order chi connectivity index (χ0) is 21.7. The average molecular weight is 404 g/mol. The number of carbonyl (C=O) groups excluding carboxylic acids is 3. The molecule has 0 aromatic rings. The van der Waals surface area contributed by atoms with Crippen LogP contribution in [0.2, 0.25) is 0 Å². The molecular weight excluding hydrogens is 376 g/mol. The van der Waals surface area contributed by atoms with Gasteiger partial charge in [-0.15, -0.1) is 0 Å². The molecule has 29 heavy (non-hydrogen) atoms. The monoisotopic (exact) mass is 404 g/mol. The van der Waals surface area contributed by atoms with Crippen LogP contribution in [0.3, 0.4) is 0 Å². The third-order valence-corrected chi connectivity index (χ3v) is 5.09. The van der Waals surface area contributed by atoms with E-state index < -0.39 is 42.1 Å². The van der Waals surface area contributed by atoms with Gasteiger partial charge in [-0.25, -0.2) is 9.59 Å². The van der Waals surface area contributed by atoms with E-state index in [0.29, 0.717) is 12.8 Å². The number of hydrogen-bond donors (Lipinski definition) is 1. The Balaban J connectivity index is 2.42. The molecule has 0 spiro atoms. The molecule has 0 amide bonds. The molecule has 7 heteroatoms. The number of rotatable bonds is 4. The molecule has 0 bridgehead atoms. The highest BCUT2D eigenvalue weighted by Crippen LogP contribution is 2.36. The largest absolute Gasteiger partial charge is 0.458 e. The summed E-state index contributed by atoms with van der Waals surface area (Å²) in [7, 11) is 0. The summed E-state index contributed by atoms with van der Waals surface area (Å²) >= 11 is 0. The Morgan fingerprint density at radius 1 is 1.31 bits per heavy atom. The lowest BCUT2D eigenvalue weighted by Crippen LogP contribution is -2.34. The fourth-order valence-electron chi connectivity index (χ4n) is 3.48. The summed E-state index contributed by atoms with van der Waals surface area (Å²) in [5.74, 6) is -2.08. The lowest BCUT2D eigenvalue weighted by atomic mass is 9.85. The van der Waals surface area contributed by atoms with Crippen LogP contribution in [0.4, 0.5) is 0 Å². The van der Waals surface area contributed by atoms with E-state index >= 15 is 0 Å². The topological polar surface area (TPSA) is 99.1 Å². The summed E-state index contributed by atoms with van der Waals surface area (Å²) in [6, 6.07) is 0. The molecule has 0 aromatic heterocycles.